The van der Waals surface area contributed by atoms with Gasteiger partial charge in [-0.1, -0.05) is 12.1 Å². The highest BCUT2D eigenvalue weighted by Gasteiger charge is 2.12. The maximum atomic E-state index is 13.0. The molecule has 0 atom stereocenters. The number of amides is 1. The first-order chi connectivity index (χ1) is 9.56. The minimum Gasteiger partial charge on any atom is -0.480 e. The second-order valence-electron chi connectivity index (χ2n) is 4.23. The van der Waals surface area contributed by atoms with Crippen LogP contribution in [0.2, 0.25) is 0 Å². The number of carboxylic acids is 1. The van der Waals surface area contributed by atoms with Crippen molar-refractivity contribution in [2.75, 3.05) is 0 Å². The minimum absolute atomic E-state index is 0.175. The number of hydrogen-bond acceptors (Lipinski definition) is 2. The van der Waals surface area contributed by atoms with Crippen molar-refractivity contribution in [3.63, 3.8) is 0 Å². The van der Waals surface area contributed by atoms with E-state index in [2.05, 4.69) is 5.32 Å². The summed E-state index contributed by atoms with van der Waals surface area (Å²) in [5.41, 5.74) is 0.887. The molecule has 6 heteroatoms. The number of carbonyl (C=O) groups is 2. The maximum Gasteiger partial charge on any atom is 0.323 e. The fraction of sp³-hybridized carbons (Fsp3) is 0.143. The monoisotopic (exact) mass is 276 g/mol. The summed E-state index contributed by atoms with van der Waals surface area (Å²) in [7, 11) is 0. The normalized spacial score (nSPS) is 10.2. The van der Waals surface area contributed by atoms with Gasteiger partial charge in [0.1, 0.15) is 18.1 Å². The number of aliphatic carboxylic acids is 1. The quantitative estimate of drug-likeness (QED) is 0.872. The Morgan fingerprint density at radius 3 is 2.75 bits per heavy atom. The molecule has 0 unspecified atom stereocenters. The largest absolute Gasteiger partial charge is 0.480 e. The highest BCUT2D eigenvalue weighted by Crippen LogP contribution is 2.05. The molecule has 1 aromatic carbocycles. The van der Waals surface area contributed by atoms with Crippen LogP contribution >= 0.6 is 0 Å². The van der Waals surface area contributed by atoms with Crippen molar-refractivity contribution in [1.29, 1.82) is 0 Å². The van der Waals surface area contributed by atoms with Crippen molar-refractivity contribution < 1.29 is 19.1 Å². The van der Waals surface area contributed by atoms with Crippen LogP contribution < -0.4 is 5.32 Å². The Kier molecular flexibility index (Phi) is 4.14. The van der Waals surface area contributed by atoms with E-state index in [1.807, 2.05) is 0 Å². The smallest absolute Gasteiger partial charge is 0.323 e. The van der Waals surface area contributed by atoms with Gasteiger partial charge >= 0.3 is 5.97 Å². The average Bonchev–Trinajstić information content (AvgIpc) is 2.83. The Bertz CT molecular complexity index is 637. The van der Waals surface area contributed by atoms with Crippen molar-refractivity contribution in [1.82, 2.24) is 9.88 Å². The summed E-state index contributed by atoms with van der Waals surface area (Å²) in [4.78, 5) is 22.6. The van der Waals surface area contributed by atoms with Crippen LogP contribution in [0.5, 0.6) is 0 Å². The van der Waals surface area contributed by atoms with Gasteiger partial charge in [-0.2, -0.15) is 0 Å². The predicted molar refractivity (Wildman–Crippen MR) is 69.6 cm³/mol. The van der Waals surface area contributed by atoms with Crippen LogP contribution in [0, 0.1) is 5.82 Å². The molecular formula is C14H13FN2O3. The molecule has 1 heterocycles. The lowest BCUT2D eigenvalue weighted by Gasteiger charge is -2.08. The Labute approximate surface area is 114 Å². The third-order valence-electron chi connectivity index (χ3n) is 2.71. The summed E-state index contributed by atoms with van der Waals surface area (Å²) in [6.45, 7) is -0.107. The van der Waals surface area contributed by atoms with Gasteiger partial charge in [0.25, 0.3) is 5.91 Å². The van der Waals surface area contributed by atoms with Crippen molar-refractivity contribution in [2.45, 2.75) is 13.1 Å². The first-order valence-corrected chi connectivity index (χ1v) is 5.96. The zero-order valence-corrected chi connectivity index (χ0v) is 10.5. The molecule has 0 aliphatic carbocycles. The molecule has 1 aromatic heterocycles. The Morgan fingerprint density at radius 2 is 2.05 bits per heavy atom. The summed E-state index contributed by atoms with van der Waals surface area (Å²) in [6, 6.07) is 9.04. The van der Waals surface area contributed by atoms with E-state index in [0.29, 0.717) is 5.56 Å². The van der Waals surface area contributed by atoms with Gasteiger partial charge in [0.05, 0.1) is 0 Å². The van der Waals surface area contributed by atoms with Crippen LogP contribution in [0.1, 0.15) is 16.1 Å². The van der Waals surface area contributed by atoms with Gasteiger partial charge in [-0.3, -0.25) is 9.59 Å². The number of nitrogens with one attached hydrogen (secondary N) is 1. The molecule has 0 spiro atoms. The molecule has 0 bridgehead atoms. The topological polar surface area (TPSA) is 71.3 Å². The molecule has 0 aliphatic rings. The van der Waals surface area contributed by atoms with E-state index >= 15 is 0 Å². The molecule has 0 radical (unpaired) electrons. The molecule has 0 fully saturated rings. The third-order valence-corrected chi connectivity index (χ3v) is 2.71. The van der Waals surface area contributed by atoms with Crippen LogP contribution in [-0.2, 0) is 17.9 Å². The summed E-state index contributed by atoms with van der Waals surface area (Å²) < 4.78 is 14.3. The van der Waals surface area contributed by atoms with Crippen molar-refractivity contribution in [3.05, 3.63) is 59.7 Å². The number of nitrogens with zero attached hydrogens (tertiary/aromatic N) is 1. The lowest BCUT2D eigenvalue weighted by molar-refractivity contribution is -0.137. The molecule has 104 valence electrons. The van der Waals surface area contributed by atoms with Crippen LogP contribution in [0.4, 0.5) is 4.39 Å². The van der Waals surface area contributed by atoms with Gasteiger partial charge in [0.15, 0.2) is 0 Å². The van der Waals surface area contributed by atoms with Crippen molar-refractivity contribution in [2.24, 2.45) is 0 Å². The second kappa shape index (κ2) is 6.01. The summed E-state index contributed by atoms with van der Waals surface area (Å²) >= 11 is 0. The highest BCUT2D eigenvalue weighted by molar-refractivity contribution is 5.93. The number of halogens is 1. The van der Waals surface area contributed by atoms with E-state index < -0.39 is 11.9 Å². The van der Waals surface area contributed by atoms with E-state index in [4.69, 9.17) is 5.11 Å². The number of hydrogen-bond donors (Lipinski definition) is 2. The molecule has 1 amide bonds. The van der Waals surface area contributed by atoms with Gasteiger partial charge in [-0.25, -0.2) is 4.39 Å². The molecule has 5 nitrogen and oxygen atoms in total. The number of carbonyl (C=O) groups excluding carboxylic acids is 1. The summed E-state index contributed by atoms with van der Waals surface area (Å²) in [5, 5.41) is 11.4. The zero-order chi connectivity index (χ0) is 14.5. The SMILES string of the molecule is O=C(O)Cn1cccc1C(=O)NCc1cccc(F)c1. The maximum absolute atomic E-state index is 13.0. The van der Waals surface area contributed by atoms with Gasteiger partial charge in [0.2, 0.25) is 0 Å². The molecule has 20 heavy (non-hydrogen) atoms. The predicted octanol–water partition coefficient (Wildman–Crippen LogP) is 1.64. The van der Waals surface area contributed by atoms with Crippen molar-refractivity contribution in [3.8, 4) is 0 Å². The highest BCUT2D eigenvalue weighted by atomic mass is 19.1. The third kappa shape index (κ3) is 3.44. The van der Waals surface area contributed by atoms with E-state index in [1.54, 1.807) is 18.2 Å². The van der Waals surface area contributed by atoms with Gasteiger partial charge in [0, 0.05) is 12.7 Å². The second-order valence-corrected chi connectivity index (χ2v) is 4.23. The zero-order valence-electron chi connectivity index (χ0n) is 10.5. The van der Waals surface area contributed by atoms with E-state index in [9.17, 15) is 14.0 Å². The molecular weight excluding hydrogens is 263 g/mol. The number of carboxylic acid groups (broad SMARTS) is 1. The minimum atomic E-state index is -1.03. The average molecular weight is 276 g/mol. The Balaban J connectivity index is 2.02. The molecule has 2 rings (SSSR count). The number of rotatable bonds is 5. The Morgan fingerprint density at radius 1 is 1.25 bits per heavy atom. The number of benzene rings is 1. The Hall–Kier alpha value is -2.63. The molecule has 2 aromatic rings. The fourth-order valence-electron chi connectivity index (χ4n) is 1.82. The molecule has 0 saturated heterocycles. The number of aromatic nitrogens is 1. The van der Waals surface area contributed by atoms with Gasteiger partial charge in [-0.05, 0) is 29.8 Å². The van der Waals surface area contributed by atoms with Crippen LogP contribution in [0.15, 0.2) is 42.6 Å². The van der Waals surface area contributed by atoms with E-state index in [-0.39, 0.29) is 24.6 Å². The van der Waals surface area contributed by atoms with Gasteiger partial charge in [-0.15, -0.1) is 0 Å². The summed E-state index contributed by atoms with van der Waals surface area (Å²) in [6.07, 6.45) is 1.52. The fourth-order valence-corrected chi connectivity index (χ4v) is 1.82. The van der Waals surface area contributed by atoms with Crippen LogP contribution in [-0.4, -0.2) is 21.6 Å². The first-order valence-electron chi connectivity index (χ1n) is 5.96. The summed E-state index contributed by atoms with van der Waals surface area (Å²) in [5.74, 6) is -1.80. The first kappa shape index (κ1) is 13.8. The van der Waals surface area contributed by atoms with E-state index in [1.165, 1.54) is 29.0 Å². The lowest BCUT2D eigenvalue weighted by atomic mass is 10.2. The standard InChI is InChI=1S/C14H13FN2O3/c15-11-4-1-3-10(7-11)8-16-14(20)12-5-2-6-17(12)9-13(18)19/h1-7H,8-9H2,(H,16,20)(H,18,19). The molecule has 2 N–H and O–H groups in total. The van der Waals surface area contributed by atoms with Crippen LogP contribution in [0.3, 0.4) is 0 Å². The van der Waals surface area contributed by atoms with Gasteiger partial charge < -0.3 is 15.0 Å². The van der Waals surface area contributed by atoms with Crippen LogP contribution in [0.25, 0.3) is 0 Å². The molecule has 0 aliphatic heterocycles. The molecule has 0 saturated carbocycles. The lowest BCUT2D eigenvalue weighted by Crippen LogP contribution is -2.26. The van der Waals surface area contributed by atoms with Crippen molar-refractivity contribution >= 4 is 11.9 Å². The van der Waals surface area contributed by atoms with E-state index in [0.717, 1.165) is 0 Å².